The van der Waals surface area contributed by atoms with Crippen molar-refractivity contribution in [2.45, 2.75) is 44.6 Å². The van der Waals surface area contributed by atoms with E-state index in [9.17, 15) is 18.0 Å². The number of rotatable bonds is 7. The van der Waals surface area contributed by atoms with Gasteiger partial charge >= 0.3 is 6.18 Å². The van der Waals surface area contributed by atoms with Gasteiger partial charge in [-0.05, 0) is 25.5 Å². The van der Waals surface area contributed by atoms with Gasteiger partial charge < -0.3 is 9.64 Å². The van der Waals surface area contributed by atoms with E-state index in [-0.39, 0.29) is 44.3 Å². The summed E-state index contributed by atoms with van der Waals surface area (Å²) >= 11 is 0. The summed E-state index contributed by atoms with van der Waals surface area (Å²) in [6.07, 6.45) is -3.61. The molecule has 1 fully saturated rings. The zero-order valence-corrected chi connectivity index (χ0v) is 17.9. The highest BCUT2D eigenvalue weighted by Gasteiger charge is 2.42. The topological polar surface area (TPSA) is 66.5 Å². The molecule has 0 unspecified atom stereocenters. The molecule has 1 aliphatic heterocycles. The SMILES string of the molecule is CC(C)OCC(=O)NNc1nccc(N2CCC(F)(c3ccccc3)CC2)c1C(F)(F)F. The summed E-state index contributed by atoms with van der Waals surface area (Å²) in [5, 5.41) is 0. The number of anilines is 2. The van der Waals surface area contributed by atoms with Crippen LogP contribution in [0.1, 0.15) is 37.8 Å². The van der Waals surface area contributed by atoms with Gasteiger partial charge in [0.2, 0.25) is 0 Å². The Morgan fingerprint density at radius 2 is 1.84 bits per heavy atom. The monoisotopic (exact) mass is 454 g/mol. The molecule has 0 radical (unpaired) electrons. The largest absolute Gasteiger partial charge is 0.422 e. The lowest BCUT2D eigenvalue weighted by molar-refractivity contribution is -0.137. The summed E-state index contributed by atoms with van der Waals surface area (Å²) in [5.74, 6) is -1.17. The van der Waals surface area contributed by atoms with Crippen molar-refractivity contribution in [1.29, 1.82) is 0 Å². The molecule has 32 heavy (non-hydrogen) atoms. The molecule has 1 aromatic carbocycles. The highest BCUT2D eigenvalue weighted by Crippen LogP contribution is 2.43. The van der Waals surface area contributed by atoms with E-state index in [4.69, 9.17) is 4.74 Å². The second kappa shape index (κ2) is 9.72. The summed E-state index contributed by atoms with van der Waals surface area (Å²) in [6, 6.07) is 9.91. The van der Waals surface area contributed by atoms with Crippen LogP contribution < -0.4 is 15.8 Å². The Labute approximate surface area is 183 Å². The average Bonchev–Trinajstić information content (AvgIpc) is 2.76. The molecule has 10 heteroatoms. The van der Waals surface area contributed by atoms with Crippen molar-refractivity contribution in [3.8, 4) is 0 Å². The van der Waals surface area contributed by atoms with Crippen LogP contribution in [-0.2, 0) is 21.4 Å². The van der Waals surface area contributed by atoms with E-state index < -0.39 is 29.1 Å². The molecule has 2 heterocycles. The van der Waals surface area contributed by atoms with E-state index in [1.807, 2.05) is 0 Å². The van der Waals surface area contributed by atoms with Gasteiger partial charge in [-0.3, -0.25) is 15.6 Å². The van der Waals surface area contributed by atoms with Gasteiger partial charge in [-0.25, -0.2) is 9.37 Å². The minimum atomic E-state index is -4.74. The maximum Gasteiger partial charge on any atom is 0.422 e. The Hall–Kier alpha value is -2.88. The van der Waals surface area contributed by atoms with E-state index >= 15 is 4.39 Å². The molecule has 3 rings (SSSR count). The molecule has 1 amide bonds. The predicted octanol–water partition coefficient (Wildman–Crippen LogP) is 4.43. The van der Waals surface area contributed by atoms with Crippen LogP contribution in [0.3, 0.4) is 0 Å². The summed E-state index contributed by atoms with van der Waals surface area (Å²) in [5.41, 5.74) is 2.24. The summed E-state index contributed by atoms with van der Waals surface area (Å²) in [7, 11) is 0. The summed E-state index contributed by atoms with van der Waals surface area (Å²) in [6.45, 7) is 3.36. The third-order valence-corrected chi connectivity index (χ3v) is 5.27. The summed E-state index contributed by atoms with van der Waals surface area (Å²) in [4.78, 5) is 17.1. The minimum absolute atomic E-state index is 0.0582. The van der Waals surface area contributed by atoms with Crippen LogP contribution in [0.5, 0.6) is 0 Å². The Bertz CT molecular complexity index is 914. The Morgan fingerprint density at radius 3 is 2.44 bits per heavy atom. The number of ether oxygens (including phenoxy) is 1. The van der Waals surface area contributed by atoms with Crippen molar-refractivity contribution in [3.05, 3.63) is 53.7 Å². The first-order valence-corrected chi connectivity index (χ1v) is 10.3. The zero-order valence-electron chi connectivity index (χ0n) is 17.9. The molecule has 0 aliphatic carbocycles. The predicted molar refractivity (Wildman–Crippen MR) is 113 cm³/mol. The number of benzene rings is 1. The quantitative estimate of drug-likeness (QED) is 0.479. The van der Waals surface area contributed by atoms with Crippen molar-refractivity contribution in [1.82, 2.24) is 10.4 Å². The second-order valence-corrected chi connectivity index (χ2v) is 7.90. The number of aromatic nitrogens is 1. The number of pyridine rings is 1. The fourth-order valence-corrected chi connectivity index (χ4v) is 3.62. The van der Waals surface area contributed by atoms with Gasteiger partial charge in [0.15, 0.2) is 5.82 Å². The van der Waals surface area contributed by atoms with Crippen molar-refractivity contribution >= 4 is 17.4 Å². The molecule has 1 saturated heterocycles. The molecule has 2 aromatic rings. The van der Waals surface area contributed by atoms with Crippen LogP contribution in [0.15, 0.2) is 42.6 Å². The van der Waals surface area contributed by atoms with Gasteiger partial charge in [0.1, 0.15) is 17.8 Å². The van der Waals surface area contributed by atoms with E-state index in [1.165, 1.54) is 17.2 Å². The maximum absolute atomic E-state index is 15.4. The van der Waals surface area contributed by atoms with Gasteiger partial charge in [0, 0.05) is 32.1 Å². The lowest BCUT2D eigenvalue weighted by Gasteiger charge is -2.39. The molecular weight excluding hydrogens is 428 g/mol. The van der Waals surface area contributed by atoms with Crippen LogP contribution >= 0.6 is 0 Å². The van der Waals surface area contributed by atoms with E-state index in [2.05, 4.69) is 15.8 Å². The normalized spacial score (nSPS) is 16.2. The molecule has 0 saturated carbocycles. The van der Waals surface area contributed by atoms with Crippen molar-refractivity contribution in [3.63, 3.8) is 0 Å². The van der Waals surface area contributed by atoms with Gasteiger partial charge in [-0.15, -0.1) is 0 Å². The highest BCUT2D eigenvalue weighted by atomic mass is 19.4. The van der Waals surface area contributed by atoms with Crippen molar-refractivity contribution in [2.75, 3.05) is 30.0 Å². The number of halogens is 4. The maximum atomic E-state index is 15.4. The van der Waals surface area contributed by atoms with Crippen LogP contribution in [-0.4, -0.2) is 36.7 Å². The number of carbonyl (C=O) groups is 1. The van der Waals surface area contributed by atoms with Gasteiger partial charge in [-0.2, -0.15) is 13.2 Å². The van der Waals surface area contributed by atoms with Crippen LogP contribution in [0.2, 0.25) is 0 Å². The molecular formula is C22H26F4N4O2. The number of carbonyl (C=O) groups excluding carboxylic acids is 1. The third-order valence-electron chi connectivity index (χ3n) is 5.27. The molecule has 0 spiro atoms. The fourth-order valence-electron chi connectivity index (χ4n) is 3.62. The molecule has 1 aliphatic rings. The molecule has 0 atom stereocenters. The Morgan fingerprint density at radius 1 is 1.19 bits per heavy atom. The van der Waals surface area contributed by atoms with Crippen LogP contribution in [0.4, 0.5) is 29.1 Å². The lowest BCUT2D eigenvalue weighted by Crippen LogP contribution is -2.41. The van der Waals surface area contributed by atoms with Crippen LogP contribution in [0.25, 0.3) is 0 Å². The standard InChI is InChI=1S/C22H26F4N4O2/c1-15(2)32-14-18(31)28-29-20-19(22(24,25)26)17(8-11-27-20)30-12-9-21(23,10-13-30)16-6-4-3-5-7-16/h3-8,11,15H,9-10,12-14H2,1-2H3,(H,27,29)(H,28,31). The fraction of sp³-hybridized carbons (Fsp3) is 0.455. The minimum Gasteiger partial charge on any atom is -0.371 e. The number of alkyl halides is 4. The number of nitrogens with zero attached hydrogens (tertiary/aromatic N) is 2. The smallest absolute Gasteiger partial charge is 0.371 e. The van der Waals surface area contributed by atoms with E-state index in [1.54, 1.807) is 44.2 Å². The van der Waals surface area contributed by atoms with Crippen molar-refractivity contribution < 1.29 is 27.1 Å². The number of nitrogens with one attached hydrogen (secondary N) is 2. The number of hydrogen-bond acceptors (Lipinski definition) is 5. The molecule has 1 aromatic heterocycles. The van der Waals surface area contributed by atoms with Gasteiger partial charge in [0.25, 0.3) is 5.91 Å². The molecule has 2 N–H and O–H groups in total. The van der Waals surface area contributed by atoms with E-state index in [0.29, 0.717) is 5.56 Å². The Kier molecular flexibility index (Phi) is 7.22. The Balaban J connectivity index is 1.77. The lowest BCUT2D eigenvalue weighted by atomic mass is 9.86. The number of hydrazine groups is 1. The van der Waals surface area contributed by atoms with Crippen molar-refractivity contribution in [2.24, 2.45) is 0 Å². The molecule has 6 nitrogen and oxygen atoms in total. The van der Waals surface area contributed by atoms with Gasteiger partial charge in [-0.1, -0.05) is 30.3 Å². The average molecular weight is 454 g/mol. The molecule has 0 bridgehead atoms. The van der Waals surface area contributed by atoms with Gasteiger partial charge in [0.05, 0.1) is 11.8 Å². The first-order valence-electron chi connectivity index (χ1n) is 10.3. The first kappa shape index (κ1) is 23.8. The highest BCUT2D eigenvalue weighted by molar-refractivity contribution is 5.79. The zero-order chi connectivity index (χ0) is 23.4. The second-order valence-electron chi connectivity index (χ2n) is 7.90. The van der Waals surface area contributed by atoms with E-state index in [0.717, 1.165) is 0 Å². The first-order chi connectivity index (χ1) is 15.1. The number of piperidine rings is 1. The third kappa shape index (κ3) is 5.67. The van der Waals surface area contributed by atoms with Crippen LogP contribution in [0, 0.1) is 0 Å². The molecule has 174 valence electrons. The number of hydrogen-bond donors (Lipinski definition) is 2. The summed E-state index contributed by atoms with van der Waals surface area (Å²) < 4.78 is 62.4. The number of amides is 1.